The maximum atomic E-state index is 14.0. The second-order valence-corrected chi connectivity index (χ2v) is 12.4. The summed E-state index contributed by atoms with van der Waals surface area (Å²) in [6, 6.07) is 17.2. The lowest BCUT2D eigenvalue weighted by atomic mass is 10.1. The van der Waals surface area contributed by atoms with Gasteiger partial charge in [0.2, 0.25) is 11.8 Å². The fraction of sp³-hybridized carbons (Fsp3) is 0.310. The molecule has 0 aliphatic carbocycles. The molecule has 0 aromatic heterocycles. The fourth-order valence-corrected chi connectivity index (χ4v) is 5.83. The molecule has 0 saturated carbocycles. The van der Waals surface area contributed by atoms with E-state index in [9.17, 15) is 18.0 Å². The summed E-state index contributed by atoms with van der Waals surface area (Å²) in [5.74, 6) is -0.936. The molecule has 0 fully saturated rings. The summed E-state index contributed by atoms with van der Waals surface area (Å²) in [6.45, 7) is 8.31. The Morgan fingerprint density at radius 3 is 2.18 bits per heavy atom. The lowest BCUT2D eigenvalue weighted by Gasteiger charge is -2.33. The highest BCUT2D eigenvalue weighted by atomic mass is 35.5. The van der Waals surface area contributed by atoms with Gasteiger partial charge in [-0.25, -0.2) is 8.42 Å². The number of hydrogen-bond donors (Lipinski definition) is 1. The van der Waals surface area contributed by atoms with Gasteiger partial charge in [-0.1, -0.05) is 65.2 Å². The number of benzene rings is 3. The molecule has 0 heterocycles. The Labute approximate surface area is 240 Å². The first-order valence-corrected chi connectivity index (χ1v) is 14.7. The van der Waals surface area contributed by atoms with E-state index in [0.717, 1.165) is 9.87 Å². The van der Waals surface area contributed by atoms with Crippen LogP contribution in [0.3, 0.4) is 0 Å². The largest absolute Gasteiger partial charge is 0.352 e. The Kier molecular flexibility index (Phi) is 10.0. The van der Waals surface area contributed by atoms with Crippen molar-refractivity contribution in [1.29, 1.82) is 0 Å². The van der Waals surface area contributed by atoms with E-state index in [2.05, 4.69) is 5.32 Å². The van der Waals surface area contributed by atoms with E-state index >= 15 is 0 Å². The van der Waals surface area contributed by atoms with Crippen LogP contribution in [0.4, 0.5) is 5.69 Å². The summed E-state index contributed by atoms with van der Waals surface area (Å²) in [4.78, 5) is 28.3. The number of sulfonamides is 1. The Morgan fingerprint density at radius 1 is 0.923 bits per heavy atom. The van der Waals surface area contributed by atoms with Crippen molar-refractivity contribution in [1.82, 2.24) is 10.2 Å². The molecule has 2 amide bonds. The van der Waals surface area contributed by atoms with Crippen LogP contribution in [0.5, 0.6) is 0 Å². The molecular weight excluding hydrogens is 557 g/mol. The second-order valence-electron chi connectivity index (χ2n) is 9.71. The topological polar surface area (TPSA) is 86.8 Å². The maximum absolute atomic E-state index is 14.0. The lowest BCUT2D eigenvalue weighted by Crippen LogP contribution is -2.52. The SMILES string of the molecule is Cc1ccc(S(=O)(=O)N(CC(=O)N(Cc2ccccc2Cl)[C@H](C)C(=O)NC(C)C)c2cc(Cl)ccc2C)cc1. The fourth-order valence-electron chi connectivity index (χ4n) is 4.00. The van der Waals surface area contributed by atoms with Crippen LogP contribution in [-0.2, 0) is 26.2 Å². The predicted octanol–water partition coefficient (Wildman–Crippen LogP) is 5.75. The molecule has 0 aliphatic heterocycles. The third kappa shape index (κ3) is 7.53. The van der Waals surface area contributed by atoms with Crippen LogP contribution in [0.2, 0.25) is 10.0 Å². The number of aryl methyl sites for hydroxylation is 2. The van der Waals surface area contributed by atoms with Crippen molar-refractivity contribution in [3.8, 4) is 0 Å². The molecule has 3 aromatic rings. The molecular formula is C29H33Cl2N3O4S. The molecule has 0 saturated heterocycles. The molecule has 10 heteroatoms. The van der Waals surface area contributed by atoms with Crippen LogP contribution in [-0.4, -0.2) is 43.8 Å². The smallest absolute Gasteiger partial charge is 0.264 e. The Balaban J connectivity index is 2.09. The van der Waals surface area contributed by atoms with Crippen LogP contribution >= 0.6 is 23.2 Å². The molecule has 3 aromatic carbocycles. The zero-order valence-electron chi connectivity index (χ0n) is 22.6. The van der Waals surface area contributed by atoms with E-state index < -0.39 is 28.5 Å². The highest BCUT2D eigenvalue weighted by Crippen LogP contribution is 2.30. The maximum Gasteiger partial charge on any atom is 0.264 e. The Hall–Kier alpha value is -3.07. The van der Waals surface area contributed by atoms with E-state index in [1.54, 1.807) is 62.4 Å². The normalized spacial score (nSPS) is 12.2. The van der Waals surface area contributed by atoms with E-state index in [0.29, 0.717) is 21.2 Å². The quantitative estimate of drug-likeness (QED) is 0.326. The molecule has 0 bridgehead atoms. The van der Waals surface area contributed by atoms with Crippen LogP contribution in [0.1, 0.15) is 37.5 Å². The standard InChI is InChI=1S/C29H33Cl2N3O4S/c1-19(2)32-29(36)22(5)33(17-23-8-6-7-9-26(23)31)28(35)18-34(27-16-24(30)13-12-21(27)4)39(37,38)25-14-10-20(3)11-15-25/h6-16,19,22H,17-18H2,1-5H3,(H,32,36)/t22-/m1/s1. The molecule has 39 heavy (non-hydrogen) atoms. The summed E-state index contributed by atoms with van der Waals surface area (Å²) in [5, 5.41) is 3.58. The number of carbonyl (C=O) groups excluding carboxylic acids is 2. The molecule has 1 atom stereocenters. The Morgan fingerprint density at radius 2 is 1.56 bits per heavy atom. The van der Waals surface area contributed by atoms with Crippen LogP contribution in [0.25, 0.3) is 0 Å². The molecule has 7 nitrogen and oxygen atoms in total. The molecule has 0 aliphatic rings. The third-order valence-corrected chi connectivity index (χ3v) is 8.60. The number of nitrogens with one attached hydrogen (secondary N) is 1. The van der Waals surface area contributed by atoms with Gasteiger partial charge >= 0.3 is 0 Å². The van der Waals surface area contributed by atoms with Gasteiger partial charge in [0.05, 0.1) is 10.6 Å². The van der Waals surface area contributed by atoms with Gasteiger partial charge in [-0.05, 0) is 76.1 Å². The summed E-state index contributed by atoms with van der Waals surface area (Å²) in [7, 11) is -4.18. The average Bonchev–Trinajstić information content (AvgIpc) is 2.87. The molecule has 208 valence electrons. The first-order valence-electron chi connectivity index (χ1n) is 12.5. The van der Waals surface area contributed by atoms with Crippen LogP contribution < -0.4 is 9.62 Å². The Bertz CT molecular complexity index is 1440. The second kappa shape index (κ2) is 12.9. The first-order chi connectivity index (χ1) is 18.3. The van der Waals surface area contributed by atoms with Gasteiger partial charge in [-0.15, -0.1) is 0 Å². The van der Waals surface area contributed by atoms with Gasteiger partial charge in [-0.2, -0.15) is 0 Å². The first kappa shape index (κ1) is 30.5. The van der Waals surface area contributed by atoms with Gasteiger partial charge in [0, 0.05) is 22.6 Å². The number of rotatable bonds is 10. The summed E-state index contributed by atoms with van der Waals surface area (Å²) >= 11 is 12.6. The van der Waals surface area contributed by atoms with Crippen LogP contribution in [0.15, 0.2) is 71.6 Å². The summed E-state index contributed by atoms with van der Waals surface area (Å²) < 4.78 is 28.9. The van der Waals surface area contributed by atoms with Gasteiger partial charge in [-0.3, -0.25) is 13.9 Å². The third-order valence-electron chi connectivity index (χ3n) is 6.22. The van der Waals surface area contributed by atoms with Crippen molar-refractivity contribution in [2.45, 2.75) is 58.1 Å². The van der Waals surface area contributed by atoms with Crippen molar-refractivity contribution >= 4 is 50.7 Å². The van der Waals surface area contributed by atoms with Gasteiger partial charge in [0.1, 0.15) is 12.6 Å². The van der Waals surface area contributed by atoms with Crippen molar-refractivity contribution in [3.63, 3.8) is 0 Å². The minimum Gasteiger partial charge on any atom is -0.352 e. The van der Waals surface area contributed by atoms with Gasteiger partial charge in [0.25, 0.3) is 10.0 Å². The summed E-state index contributed by atoms with van der Waals surface area (Å²) in [5.41, 5.74) is 2.41. The van der Waals surface area contributed by atoms with Crippen LogP contribution in [0, 0.1) is 13.8 Å². The minimum atomic E-state index is -4.18. The van der Waals surface area contributed by atoms with E-state index in [-0.39, 0.29) is 29.1 Å². The number of nitrogens with zero attached hydrogens (tertiary/aromatic N) is 2. The van der Waals surface area contributed by atoms with Crippen molar-refractivity contribution < 1.29 is 18.0 Å². The van der Waals surface area contributed by atoms with E-state index in [1.807, 2.05) is 20.8 Å². The van der Waals surface area contributed by atoms with Crippen molar-refractivity contribution in [2.75, 3.05) is 10.8 Å². The van der Waals surface area contributed by atoms with Crippen molar-refractivity contribution in [2.24, 2.45) is 0 Å². The van der Waals surface area contributed by atoms with E-state index in [4.69, 9.17) is 23.2 Å². The van der Waals surface area contributed by atoms with Crippen molar-refractivity contribution in [3.05, 3.63) is 93.5 Å². The molecule has 3 rings (SSSR count). The predicted molar refractivity (Wildman–Crippen MR) is 157 cm³/mol. The lowest BCUT2D eigenvalue weighted by molar-refractivity contribution is -0.139. The minimum absolute atomic E-state index is 0.0120. The zero-order chi connectivity index (χ0) is 28.9. The zero-order valence-corrected chi connectivity index (χ0v) is 24.9. The highest BCUT2D eigenvalue weighted by molar-refractivity contribution is 7.92. The molecule has 1 N–H and O–H groups in total. The number of carbonyl (C=O) groups is 2. The number of halogens is 2. The number of anilines is 1. The number of hydrogen-bond acceptors (Lipinski definition) is 4. The molecule has 0 unspecified atom stereocenters. The van der Waals surface area contributed by atoms with Gasteiger partial charge < -0.3 is 10.2 Å². The summed E-state index contributed by atoms with van der Waals surface area (Å²) in [6.07, 6.45) is 0. The monoisotopic (exact) mass is 589 g/mol. The average molecular weight is 591 g/mol. The van der Waals surface area contributed by atoms with Gasteiger partial charge in [0.15, 0.2) is 0 Å². The van der Waals surface area contributed by atoms with E-state index in [1.165, 1.54) is 23.1 Å². The highest BCUT2D eigenvalue weighted by Gasteiger charge is 2.33. The number of amides is 2. The molecule has 0 spiro atoms. The molecule has 0 radical (unpaired) electrons.